The Morgan fingerprint density at radius 1 is 1.30 bits per heavy atom. The topological polar surface area (TPSA) is 45.2 Å². The zero-order chi connectivity index (χ0) is 18.8. The quantitative estimate of drug-likeness (QED) is 0.694. The first-order valence-electron chi connectivity index (χ1n) is 9.21. The number of carbonyl (C=O) groups excluding carboxylic acids is 1. The molecule has 27 heavy (non-hydrogen) atoms. The third-order valence-electron chi connectivity index (χ3n) is 5.23. The van der Waals surface area contributed by atoms with Crippen LogP contribution in [0, 0.1) is 6.92 Å². The lowest BCUT2D eigenvalue weighted by Crippen LogP contribution is -2.44. The number of piperidine rings is 1. The first-order valence-corrected chi connectivity index (χ1v) is 10.5. The van der Waals surface area contributed by atoms with Gasteiger partial charge >= 0.3 is 0 Å². The molecule has 3 aromatic rings. The van der Waals surface area contributed by atoms with Gasteiger partial charge in [-0.2, -0.15) is 11.3 Å². The molecular formula is C21H22ClN3OS. The number of benzene rings is 1. The van der Waals surface area contributed by atoms with E-state index in [1.54, 1.807) is 11.3 Å². The van der Waals surface area contributed by atoms with Crippen molar-refractivity contribution in [2.45, 2.75) is 32.4 Å². The molecule has 140 valence electrons. The van der Waals surface area contributed by atoms with Crippen molar-refractivity contribution >= 4 is 39.7 Å². The molecule has 1 amide bonds. The van der Waals surface area contributed by atoms with Gasteiger partial charge in [-0.3, -0.25) is 9.69 Å². The van der Waals surface area contributed by atoms with Crippen molar-refractivity contribution in [2.24, 2.45) is 0 Å². The average molecular weight is 400 g/mol. The Morgan fingerprint density at radius 2 is 2.07 bits per heavy atom. The van der Waals surface area contributed by atoms with Crippen molar-refractivity contribution in [3.63, 3.8) is 0 Å². The monoisotopic (exact) mass is 399 g/mol. The molecule has 3 heterocycles. The van der Waals surface area contributed by atoms with Gasteiger partial charge in [-0.25, -0.2) is 4.98 Å². The lowest BCUT2D eigenvalue weighted by Gasteiger charge is -2.32. The van der Waals surface area contributed by atoms with Crippen molar-refractivity contribution < 1.29 is 4.79 Å². The predicted molar refractivity (Wildman–Crippen MR) is 112 cm³/mol. The number of pyridine rings is 1. The van der Waals surface area contributed by atoms with Crippen molar-refractivity contribution in [1.29, 1.82) is 0 Å². The fourth-order valence-electron chi connectivity index (χ4n) is 3.63. The van der Waals surface area contributed by atoms with Crippen LogP contribution in [0.2, 0.25) is 5.02 Å². The average Bonchev–Trinajstić information content (AvgIpc) is 3.22. The van der Waals surface area contributed by atoms with E-state index in [1.165, 1.54) is 0 Å². The van der Waals surface area contributed by atoms with E-state index in [2.05, 4.69) is 23.2 Å². The summed E-state index contributed by atoms with van der Waals surface area (Å²) in [6.45, 7) is 4.66. The van der Waals surface area contributed by atoms with Gasteiger partial charge in [0.05, 0.1) is 16.2 Å². The van der Waals surface area contributed by atoms with Gasteiger partial charge in [-0.05, 0) is 42.8 Å². The number of thiophene rings is 1. The smallest absolute Gasteiger partial charge is 0.252 e. The van der Waals surface area contributed by atoms with Crippen LogP contribution in [-0.2, 0) is 6.54 Å². The maximum atomic E-state index is 12.2. The summed E-state index contributed by atoms with van der Waals surface area (Å²) >= 11 is 8.15. The highest BCUT2D eigenvalue weighted by atomic mass is 35.5. The molecule has 1 aliphatic heterocycles. The second-order valence-electron chi connectivity index (χ2n) is 7.05. The van der Waals surface area contributed by atoms with E-state index < -0.39 is 0 Å². The number of hydrogen-bond acceptors (Lipinski definition) is 4. The molecule has 4 rings (SSSR count). The maximum Gasteiger partial charge on any atom is 0.252 e. The summed E-state index contributed by atoms with van der Waals surface area (Å²) in [4.78, 5) is 19.4. The zero-order valence-electron chi connectivity index (χ0n) is 15.2. The second kappa shape index (κ2) is 7.97. The number of amides is 1. The number of hydrogen-bond donors (Lipinski definition) is 1. The maximum absolute atomic E-state index is 12.2. The number of aromatic nitrogens is 1. The van der Waals surface area contributed by atoms with E-state index >= 15 is 0 Å². The molecule has 1 aliphatic rings. The van der Waals surface area contributed by atoms with Crippen molar-refractivity contribution in [3.05, 3.63) is 62.9 Å². The number of halogens is 1. The van der Waals surface area contributed by atoms with Crippen LogP contribution in [0.25, 0.3) is 10.9 Å². The lowest BCUT2D eigenvalue weighted by molar-refractivity contribution is 0.0909. The second-order valence-corrected chi connectivity index (χ2v) is 8.21. The number of aryl methyl sites for hydroxylation is 1. The molecule has 0 spiro atoms. The summed E-state index contributed by atoms with van der Waals surface area (Å²) in [5.74, 6) is 0.0320. The van der Waals surface area contributed by atoms with E-state index in [0.717, 1.165) is 65.2 Å². The van der Waals surface area contributed by atoms with Crippen molar-refractivity contribution in [1.82, 2.24) is 15.2 Å². The molecule has 1 aromatic carbocycles. The number of fused-ring (bicyclic) bond motifs is 1. The molecule has 2 aromatic heterocycles. The normalized spacial score (nSPS) is 15.9. The summed E-state index contributed by atoms with van der Waals surface area (Å²) < 4.78 is 0. The molecule has 0 atom stereocenters. The number of nitrogens with one attached hydrogen (secondary N) is 1. The zero-order valence-corrected chi connectivity index (χ0v) is 16.8. The Bertz CT molecular complexity index is 949. The van der Waals surface area contributed by atoms with Gasteiger partial charge < -0.3 is 5.32 Å². The molecule has 1 fully saturated rings. The third kappa shape index (κ3) is 4.00. The Morgan fingerprint density at radius 3 is 2.81 bits per heavy atom. The van der Waals surface area contributed by atoms with Crippen molar-refractivity contribution in [2.75, 3.05) is 13.1 Å². The molecule has 0 saturated carbocycles. The summed E-state index contributed by atoms with van der Waals surface area (Å²) in [6.07, 6.45) is 1.89. The van der Waals surface area contributed by atoms with Crippen LogP contribution in [0.5, 0.6) is 0 Å². The van der Waals surface area contributed by atoms with E-state index in [-0.39, 0.29) is 11.9 Å². The SMILES string of the molecule is Cc1c(Cl)c(CN2CCC(NC(=O)c3ccsc3)CC2)nc2ccccc12. The molecule has 6 heteroatoms. The van der Waals surface area contributed by atoms with Crippen LogP contribution in [0.1, 0.15) is 34.5 Å². The third-order valence-corrected chi connectivity index (χ3v) is 6.41. The van der Waals surface area contributed by atoms with Crippen LogP contribution in [0.15, 0.2) is 41.1 Å². The summed E-state index contributed by atoms with van der Waals surface area (Å²) in [7, 11) is 0. The first-order chi connectivity index (χ1) is 13.1. The fourth-order valence-corrected chi connectivity index (χ4v) is 4.47. The molecule has 1 N–H and O–H groups in total. The Labute approximate surface area is 168 Å². The molecular weight excluding hydrogens is 378 g/mol. The van der Waals surface area contributed by atoms with Gasteiger partial charge in [0.15, 0.2) is 0 Å². The molecule has 0 bridgehead atoms. The van der Waals surface area contributed by atoms with Crippen LogP contribution in [0.4, 0.5) is 0 Å². The number of para-hydroxylation sites is 1. The summed E-state index contributed by atoms with van der Waals surface area (Å²) in [6, 6.07) is 10.2. The predicted octanol–water partition coefficient (Wildman–Crippen LogP) is 4.65. The fraction of sp³-hybridized carbons (Fsp3) is 0.333. The number of rotatable bonds is 4. The number of likely N-dealkylation sites (tertiary alicyclic amines) is 1. The largest absolute Gasteiger partial charge is 0.349 e. The Balaban J connectivity index is 1.39. The van der Waals surface area contributed by atoms with Crippen LogP contribution in [0.3, 0.4) is 0 Å². The van der Waals surface area contributed by atoms with Crippen LogP contribution in [-0.4, -0.2) is 34.9 Å². The molecule has 1 saturated heterocycles. The standard InChI is InChI=1S/C21H22ClN3OS/c1-14-17-4-2-3-5-18(17)24-19(20(14)22)12-25-9-6-16(7-10-25)23-21(26)15-8-11-27-13-15/h2-5,8,11,13,16H,6-7,9-10,12H2,1H3,(H,23,26). The minimum absolute atomic E-state index is 0.0320. The van der Waals surface area contributed by atoms with Gasteiger partial charge in [0.1, 0.15) is 0 Å². The van der Waals surface area contributed by atoms with Crippen LogP contribution < -0.4 is 5.32 Å². The van der Waals surface area contributed by atoms with Gasteiger partial charge in [-0.15, -0.1) is 0 Å². The van der Waals surface area contributed by atoms with Gasteiger partial charge in [-0.1, -0.05) is 29.8 Å². The van der Waals surface area contributed by atoms with Crippen molar-refractivity contribution in [3.8, 4) is 0 Å². The number of nitrogens with zero attached hydrogens (tertiary/aromatic N) is 2. The highest BCUT2D eigenvalue weighted by Crippen LogP contribution is 2.28. The Kier molecular flexibility index (Phi) is 5.43. The lowest BCUT2D eigenvalue weighted by atomic mass is 10.0. The van der Waals surface area contributed by atoms with E-state index in [9.17, 15) is 4.79 Å². The summed E-state index contributed by atoms with van der Waals surface area (Å²) in [5.41, 5.74) is 3.78. The van der Waals surface area contributed by atoms with Crippen LogP contribution >= 0.6 is 22.9 Å². The molecule has 0 unspecified atom stereocenters. The first kappa shape index (κ1) is 18.4. The molecule has 0 aliphatic carbocycles. The highest BCUT2D eigenvalue weighted by molar-refractivity contribution is 7.08. The minimum Gasteiger partial charge on any atom is -0.349 e. The van der Waals surface area contributed by atoms with Gasteiger partial charge in [0.2, 0.25) is 0 Å². The van der Waals surface area contributed by atoms with Gasteiger partial charge in [0.25, 0.3) is 5.91 Å². The van der Waals surface area contributed by atoms with E-state index in [4.69, 9.17) is 16.6 Å². The molecule has 4 nitrogen and oxygen atoms in total. The summed E-state index contributed by atoms with van der Waals surface area (Å²) in [5, 5.41) is 8.85. The Hall–Kier alpha value is -1.95. The highest BCUT2D eigenvalue weighted by Gasteiger charge is 2.22. The number of carbonyl (C=O) groups is 1. The van der Waals surface area contributed by atoms with Gasteiger partial charge in [0, 0.05) is 42.0 Å². The minimum atomic E-state index is 0.0320. The molecule has 0 radical (unpaired) electrons. The van der Waals surface area contributed by atoms with E-state index in [1.807, 2.05) is 35.0 Å². The van der Waals surface area contributed by atoms with E-state index in [0.29, 0.717) is 0 Å².